The molecule has 3 heteroatoms. The number of hydrogen-bond donors (Lipinski definition) is 1. The van der Waals surface area contributed by atoms with Crippen molar-refractivity contribution in [2.45, 2.75) is 45.1 Å². The molecule has 19 heavy (non-hydrogen) atoms. The molecule has 3 rings (SSSR count). The van der Waals surface area contributed by atoms with Gasteiger partial charge in [0.25, 0.3) is 0 Å². The van der Waals surface area contributed by atoms with Gasteiger partial charge in [-0.3, -0.25) is 0 Å². The summed E-state index contributed by atoms with van der Waals surface area (Å²) in [5, 5.41) is 3.49. The number of nitrogens with one attached hydrogen (secondary N) is 1. The molecule has 1 N–H and O–H groups in total. The van der Waals surface area contributed by atoms with Crippen LogP contribution in [0.25, 0.3) is 0 Å². The Bertz CT molecular complexity index is 436. The second-order valence-electron chi connectivity index (χ2n) is 5.86. The Kier molecular flexibility index (Phi) is 3.63. The molecule has 2 fully saturated rings. The number of halogens is 1. The van der Waals surface area contributed by atoms with Crippen LogP contribution in [-0.4, -0.2) is 19.1 Å². The van der Waals surface area contributed by atoms with Crippen molar-refractivity contribution in [3.8, 4) is 0 Å². The van der Waals surface area contributed by atoms with Crippen LogP contribution in [0.1, 0.15) is 39.0 Å². The highest BCUT2D eigenvalue weighted by molar-refractivity contribution is 5.57. The van der Waals surface area contributed by atoms with Crippen molar-refractivity contribution in [2.24, 2.45) is 5.92 Å². The third-order valence-electron chi connectivity index (χ3n) is 4.38. The van der Waals surface area contributed by atoms with Crippen LogP contribution in [-0.2, 0) is 0 Å². The summed E-state index contributed by atoms with van der Waals surface area (Å²) in [6, 6.07) is 6.14. The minimum absolute atomic E-state index is 0.0856. The molecule has 0 bridgehead atoms. The minimum atomic E-state index is -0.0856. The first-order valence-electron chi connectivity index (χ1n) is 7.59. The van der Waals surface area contributed by atoms with Gasteiger partial charge in [-0.05, 0) is 56.2 Å². The Balaban J connectivity index is 1.71. The molecule has 2 aliphatic rings. The van der Waals surface area contributed by atoms with Crippen molar-refractivity contribution in [1.29, 1.82) is 0 Å². The second kappa shape index (κ2) is 5.40. The maximum absolute atomic E-state index is 14.2. The fraction of sp³-hybridized carbons (Fsp3) is 0.625. The van der Waals surface area contributed by atoms with Gasteiger partial charge >= 0.3 is 0 Å². The second-order valence-corrected chi connectivity index (χ2v) is 5.86. The Labute approximate surface area is 115 Å². The predicted molar refractivity (Wildman–Crippen MR) is 78.3 cm³/mol. The fourth-order valence-corrected chi connectivity index (χ4v) is 3.08. The van der Waals surface area contributed by atoms with E-state index in [9.17, 15) is 4.39 Å². The van der Waals surface area contributed by atoms with Crippen LogP contribution in [0.4, 0.5) is 15.8 Å². The standard InChI is InChI=1S/C16H23FN2/c1-2-15(12-5-6-12)18-13-7-8-16(14(17)11-13)19-9-3-4-10-19/h7-8,11-12,15,18H,2-6,9-10H2,1H3. The quantitative estimate of drug-likeness (QED) is 0.862. The SMILES string of the molecule is CCC(Nc1ccc(N2CCCC2)c(F)c1)C1CC1. The largest absolute Gasteiger partial charge is 0.382 e. The molecule has 1 saturated heterocycles. The van der Waals surface area contributed by atoms with Gasteiger partial charge in [-0.1, -0.05) is 6.92 Å². The summed E-state index contributed by atoms with van der Waals surface area (Å²) in [4.78, 5) is 2.15. The Morgan fingerprint density at radius 1 is 1.32 bits per heavy atom. The van der Waals surface area contributed by atoms with Crippen LogP contribution in [0, 0.1) is 11.7 Å². The van der Waals surface area contributed by atoms with Gasteiger partial charge < -0.3 is 10.2 Å². The maximum atomic E-state index is 14.2. The molecular weight excluding hydrogens is 239 g/mol. The van der Waals surface area contributed by atoms with E-state index >= 15 is 0 Å². The van der Waals surface area contributed by atoms with Gasteiger partial charge in [-0.15, -0.1) is 0 Å². The first-order chi connectivity index (χ1) is 9.28. The summed E-state index contributed by atoms with van der Waals surface area (Å²) in [5.74, 6) is 0.712. The predicted octanol–water partition coefficient (Wildman–Crippen LogP) is 4.03. The number of benzene rings is 1. The zero-order valence-corrected chi connectivity index (χ0v) is 11.7. The molecule has 0 spiro atoms. The third-order valence-corrected chi connectivity index (χ3v) is 4.38. The summed E-state index contributed by atoms with van der Waals surface area (Å²) < 4.78 is 14.2. The molecule has 1 aliphatic carbocycles. The smallest absolute Gasteiger partial charge is 0.148 e. The monoisotopic (exact) mass is 262 g/mol. The maximum Gasteiger partial charge on any atom is 0.148 e. The summed E-state index contributed by atoms with van der Waals surface area (Å²) in [7, 11) is 0. The molecule has 0 amide bonds. The van der Waals surface area contributed by atoms with Crippen LogP contribution in [0.15, 0.2) is 18.2 Å². The summed E-state index contributed by atoms with van der Waals surface area (Å²) >= 11 is 0. The third kappa shape index (κ3) is 2.85. The first kappa shape index (κ1) is 12.8. The van der Waals surface area contributed by atoms with Crippen LogP contribution in [0.2, 0.25) is 0 Å². The van der Waals surface area contributed by atoms with Gasteiger partial charge in [0.1, 0.15) is 5.82 Å². The van der Waals surface area contributed by atoms with Crippen LogP contribution < -0.4 is 10.2 Å². The summed E-state index contributed by atoms with van der Waals surface area (Å²) in [6.45, 7) is 4.18. The van der Waals surface area contributed by atoms with E-state index < -0.39 is 0 Å². The van der Waals surface area contributed by atoms with Gasteiger partial charge in [-0.25, -0.2) is 4.39 Å². The minimum Gasteiger partial charge on any atom is -0.382 e. The highest BCUT2D eigenvalue weighted by atomic mass is 19.1. The van der Waals surface area contributed by atoms with Crippen molar-refractivity contribution >= 4 is 11.4 Å². The normalized spacial score (nSPS) is 20.6. The van der Waals surface area contributed by atoms with Crippen molar-refractivity contribution < 1.29 is 4.39 Å². The van der Waals surface area contributed by atoms with Gasteiger partial charge in [0, 0.05) is 24.8 Å². The van der Waals surface area contributed by atoms with Gasteiger partial charge in [-0.2, -0.15) is 0 Å². The molecule has 1 saturated carbocycles. The van der Waals surface area contributed by atoms with E-state index in [2.05, 4.69) is 17.1 Å². The highest BCUT2D eigenvalue weighted by Crippen LogP contribution is 2.36. The van der Waals surface area contributed by atoms with E-state index in [0.717, 1.165) is 36.8 Å². The Morgan fingerprint density at radius 3 is 2.63 bits per heavy atom. The van der Waals surface area contributed by atoms with Crippen molar-refractivity contribution in [3.63, 3.8) is 0 Å². The molecule has 1 aliphatic heterocycles. The number of rotatable bonds is 5. The van der Waals surface area contributed by atoms with E-state index in [-0.39, 0.29) is 5.82 Å². The van der Waals surface area contributed by atoms with E-state index in [0.29, 0.717) is 6.04 Å². The van der Waals surface area contributed by atoms with E-state index in [4.69, 9.17) is 0 Å². The van der Waals surface area contributed by atoms with Crippen LogP contribution in [0.5, 0.6) is 0 Å². The van der Waals surface area contributed by atoms with Crippen LogP contribution >= 0.6 is 0 Å². The number of hydrogen-bond acceptors (Lipinski definition) is 2. The average Bonchev–Trinajstić information content (AvgIpc) is 3.11. The van der Waals surface area contributed by atoms with E-state index in [1.165, 1.54) is 25.7 Å². The lowest BCUT2D eigenvalue weighted by Gasteiger charge is -2.21. The van der Waals surface area contributed by atoms with Gasteiger partial charge in [0.2, 0.25) is 0 Å². The van der Waals surface area contributed by atoms with Gasteiger partial charge in [0.05, 0.1) is 5.69 Å². The molecular formula is C16H23FN2. The summed E-state index contributed by atoms with van der Waals surface area (Å²) in [5.41, 5.74) is 1.70. The van der Waals surface area contributed by atoms with Crippen molar-refractivity contribution in [3.05, 3.63) is 24.0 Å². The molecule has 1 unspecified atom stereocenters. The molecule has 1 aromatic carbocycles. The van der Waals surface area contributed by atoms with Gasteiger partial charge in [0.15, 0.2) is 0 Å². The molecule has 104 valence electrons. The summed E-state index contributed by atoms with van der Waals surface area (Å²) in [6.07, 6.45) is 6.11. The lowest BCUT2D eigenvalue weighted by molar-refractivity contribution is 0.609. The Morgan fingerprint density at radius 2 is 2.05 bits per heavy atom. The number of anilines is 2. The zero-order valence-electron chi connectivity index (χ0n) is 11.7. The van der Waals surface area contributed by atoms with E-state index in [1.807, 2.05) is 12.1 Å². The van der Waals surface area contributed by atoms with Crippen molar-refractivity contribution in [2.75, 3.05) is 23.3 Å². The lowest BCUT2D eigenvalue weighted by Crippen LogP contribution is -2.22. The molecule has 0 radical (unpaired) electrons. The Hall–Kier alpha value is -1.25. The lowest BCUT2D eigenvalue weighted by atomic mass is 10.1. The average molecular weight is 262 g/mol. The number of nitrogens with zero attached hydrogens (tertiary/aromatic N) is 1. The topological polar surface area (TPSA) is 15.3 Å². The van der Waals surface area contributed by atoms with Crippen LogP contribution in [0.3, 0.4) is 0 Å². The highest BCUT2D eigenvalue weighted by Gasteiger charge is 2.29. The molecule has 1 heterocycles. The fourth-order valence-electron chi connectivity index (χ4n) is 3.08. The molecule has 2 nitrogen and oxygen atoms in total. The van der Waals surface area contributed by atoms with E-state index in [1.54, 1.807) is 6.07 Å². The molecule has 0 aromatic heterocycles. The van der Waals surface area contributed by atoms with Crippen molar-refractivity contribution in [1.82, 2.24) is 0 Å². The first-order valence-corrected chi connectivity index (χ1v) is 7.59. The molecule has 1 aromatic rings. The molecule has 1 atom stereocenters. The zero-order chi connectivity index (χ0) is 13.2.